The Morgan fingerprint density at radius 3 is 2.46 bits per heavy atom. The third kappa shape index (κ3) is 9.84. The Labute approximate surface area is 224 Å². The summed E-state index contributed by atoms with van der Waals surface area (Å²) < 4.78 is 0. The van der Waals surface area contributed by atoms with Gasteiger partial charge >= 0.3 is 0 Å². The molecule has 0 aromatic carbocycles. The van der Waals surface area contributed by atoms with E-state index in [0.717, 1.165) is 77.7 Å². The molecule has 212 valence electrons. The van der Waals surface area contributed by atoms with Crippen molar-refractivity contribution in [3.05, 3.63) is 0 Å². The Morgan fingerprint density at radius 2 is 1.73 bits per heavy atom. The van der Waals surface area contributed by atoms with Crippen molar-refractivity contribution in [1.29, 1.82) is 0 Å². The normalized spacial score (nSPS) is 27.1. The van der Waals surface area contributed by atoms with E-state index < -0.39 is 6.04 Å². The molecule has 3 rings (SSSR count). The van der Waals surface area contributed by atoms with Crippen molar-refractivity contribution in [2.45, 2.75) is 103 Å². The second kappa shape index (κ2) is 15.6. The van der Waals surface area contributed by atoms with Crippen molar-refractivity contribution in [2.75, 3.05) is 52.4 Å². The molecule has 4 N–H and O–H groups in total. The van der Waals surface area contributed by atoms with Crippen LogP contribution < -0.4 is 16.4 Å². The zero-order valence-corrected chi connectivity index (χ0v) is 23.4. The molecule has 9 heteroatoms. The van der Waals surface area contributed by atoms with Crippen LogP contribution in [0.4, 0.5) is 0 Å². The first-order valence-electron chi connectivity index (χ1n) is 14.9. The summed E-state index contributed by atoms with van der Waals surface area (Å²) in [6.45, 7) is 9.87. The molecule has 2 aliphatic heterocycles. The van der Waals surface area contributed by atoms with Crippen LogP contribution in [0.5, 0.6) is 0 Å². The first kappa shape index (κ1) is 29.8. The van der Waals surface area contributed by atoms with E-state index in [4.69, 9.17) is 5.73 Å². The van der Waals surface area contributed by atoms with Crippen LogP contribution >= 0.6 is 0 Å². The number of nitrogens with zero attached hydrogens (tertiary/aromatic N) is 3. The molecule has 0 aromatic heterocycles. The molecule has 3 fully saturated rings. The van der Waals surface area contributed by atoms with Gasteiger partial charge in [0.05, 0.1) is 6.04 Å². The van der Waals surface area contributed by atoms with Crippen LogP contribution in [0.3, 0.4) is 0 Å². The minimum atomic E-state index is -0.526. The van der Waals surface area contributed by atoms with Crippen LogP contribution in [-0.2, 0) is 14.4 Å². The van der Waals surface area contributed by atoms with Gasteiger partial charge in [-0.05, 0) is 70.4 Å². The van der Waals surface area contributed by atoms with Gasteiger partial charge in [0.25, 0.3) is 0 Å². The number of hydrogen-bond acceptors (Lipinski definition) is 6. The summed E-state index contributed by atoms with van der Waals surface area (Å²) in [7, 11) is 0. The van der Waals surface area contributed by atoms with Crippen LogP contribution in [0, 0.1) is 5.92 Å². The second-order valence-corrected chi connectivity index (χ2v) is 11.5. The monoisotopic (exact) mass is 520 g/mol. The molecular weight excluding hydrogens is 468 g/mol. The van der Waals surface area contributed by atoms with Gasteiger partial charge in [-0.2, -0.15) is 0 Å². The smallest absolute Gasteiger partial charge is 0.239 e. The summed E-state index contributed by atoms with van der Waals surface area (Å²) in [5, 5.41) is 6.48. The lowest BCUT2D eigenvalue weighted by molar-refractivity contribution is -0.136. The van der Waals surface area contributed by atoms with E-state index in [1.165, 1.54) is 26.2 Å². The Kier molecular flexibility index (Phi) is 12.6. The largest absolute Gasteiger partial charge is 0.356 e. The SMILES string of the molecule is CC(=O)NCCCC[C@H](N)C(=O)N1CCN(CC2CCCCN2)CCCN(C(C)=O)C2CCCCC2C1. The number of unbranched alkanes of at least 4 members (excludes halogenated alkanes) is 1. The molecule has 4 atom stereocenters. The maximum Gasteiger partial charge on any atom is 0.239 e. The highest BCUT2D eigenvalue weighted by molar-refractivity contribution is 5.81. The summed E-state index contributed by atoms with van der Waals surface area (Å²) in [5.74, 6) is 0.470. The molecule has 1 aliphatic carbocycles. The van der Waals surface area contributed by atoms with Gasteiger partial charge in [0.1, 0.15) is 0 Å². The maximum absolute atomic E-state index is 13.6. The number of carbonyl (C=O) groups is 3. The summed E-state index contributed by atoms with van der Waals surface area (Å²) in [4.78, 5) is 44.1. The van der Waals surface area contributed by atoms with Crippen molar-refractivity contribution in [1.82, 2.24) is 25.3 Å². The number of nitrogens with two attached hydrogens (primary N) is 1. The van der Waals surface area contributed by atoms with Crippen molar-refractivity contribution in [3.8, 4) is 0 Å². The standard InChI is InChI=1S/C28H52N6O3/c1-22(35)30-14-8-6-12-26(29)28(37)33-19-18-32(21-25-11-5-7-15-31-25)16-9-17-34(23(2)36)27-13-4-3-10-24(27)20-33/h24-27,31H,3-21,29H2,1-2H3,(H,30,35)/t24?,25?,26-,27?/m0/s1. The van der Waals surface area contributed by atoms with Crippen LogP contribution in [0.2, 0.25) is 0 Å². The highest BCUT2D eigenvalue weighted by Gasteiger charge is 2.35. The van der Waals surface area contributed by atoms with Gasteiger partial charge < -0.3 is 26.2 Å². The molecule has 3 unspecified atom stereocenters. The summed E-state index contributed by atoms with van der Waals surface area (Å²) in [5.41, 5.74) is 6.44. The molecule has 3 amide bonds. The number of nitrogens with one attached hydrogen (secondary N) is 2. The van der Waals surface area contributed by atoms with E-state index in [-0.39, 0.29) is 23.8 Å². The molecule has 0 spiro atoms. The summed E-state index contributed by atoms with van der Waals surface area (Å²) >= 11 is 0. The zero-order valence-electron chi connectivity index (χ0n) is 23.4. The van der Waals surface area contributed by atoms with E-state index in [1.54, 1.807) is 6.92 Å². The third-order valence-corrected chi connectivity index (χ3v) is 8.52. The summed E-state index contributed by atoms with van der Waals surface area (Å²) in [6, 6.07) is 0.184. The number of carbonyl (C=O) groups excluding carboxylic acids is 3. The van der Waals surface area contributed by atoms with Gasteiger partial charge in [-0.15, -0.1) is 0 Å². The Morgan fingerprint density at radius 1 is 0.946 bits per heavy atom. The number of fused-ring (bicyclic) bond motifs is 1. The molecular formula is C28H52N6O3. The lowest BCUT2D eigenvalue weighted by Crippen LogP contribution is -2.52. The van der Waals surface area contributed by atoms with Crippen LogP contribution in [-0.4, -0.2) is 103 Å². The van der Waals surface area contributed by atoms with E-state index in [1.807, 2.05) is 4.90 Å². The van der Waals surface area contributed by atoms with Gasteiger partial charge in [0.2, 0.25) is 17.7 Å². The summed E-state index contributed by atoms with van der Waals surface area (Å²) in [6.07, 6.45) is 11.3. The van der Waals surface area contributed by atoms with Gasteiger partial charge in [-0.1, -0.05) is 19.3 Å². The van der Waals surface area contributed by atoms with Crippen LogP contribution in [0.25, 0.3) is 0 Å². The Bertz CT molecular complexity index is 729. The van der Waals surface area contributed by atoms with Crippen LogP contribution in [0.1, 0.15) is 84.5 Å². The second-order valence-electron chi connectivity index (χ2n) is 11.5. The number of hydrogen-bond donors (Lipinski definition) is 3. The molecule has 2 saturated heterocycles. The van der Waals surface area contributed by atoms with Gasteiger partial charge in [-0.3, -0.25) is 19.3 Å². The fourth-order valence-electron chi connectivity index (χ4n) is 6.47. The van der Waals surface area contributed by atoms with E-state index in [0.29, 0.717) is 38.0 Å². The average Bonchev–Trinajstić information content (AvgIpc) is 2.91. The quantitative estimate of drug-likeness (QED) is 0.420. The number of piperidine rings is 1. The zero-order chi connectivity index (χ0) is 26.6. The van der Waals surface area contributed by atoms with E-state index in [2.05, 4.69) is 20.4 Å². The maximum atomic E-state index is 13.6. The molecule has 3 aliphatic rings. The minimum Gasteiger partial charge on any atom is -0.356 e. The molecule has 0 radical (unpaired) electrons. The van der Waals surface area contributed by atoms with E-state index >= 15 is 0 Å². The van der Waals surface area contributed by atoms with Crippen molar-refractivity contribution < 1.29 is 14.4 Å². The average molecular weight is 521 g/mol. The number of rotatable bonds is 8. The highest BCUT2D eigenvalue weighted by atomic mass is 16.2. The van der Waals surface area contributed by atoms with Gasteiger partial charge in [0, 0.05) is 65.2 Å². The van der Waals surface area contributed by atoms with Gasteiger partial charge in [0.15, 0.2) is 0 Å². The fraction of sp³-hybridized carbons (Fsp3) is 0.893. The predicted octanol–water partition coefficient (Wildman–Crippen LogP) is 1.70. The first-order chi connectivity index (χ1) is 17.8. The Hall–Kier alpha value is -1.71. The molecule has 1 saturated carbocycles. The van der Waals surface area contributed by atoms with Crippen molar-refractivity contribution in [3.63, 3.8) is 0 Å². The molecule has 9 nitrogen and oxygen atoms in total. The predicted molar refractivity (Wildman–Crippen MR) is 147 cm³/mol. The molecule has 0 aromatic rings. The fourth-order valence-corrected chi connectivity index (χ4v) is 6.47. The molecule has 37 heavy (non-hydrogen) atoms. The van der Waals surface area contributed by atoms with Crippen LogP contribution in [0.15, 0.2) is 0 Å². The molecule has 2 heterocycles. The lowest BCUT2D eigenvalue weighted by atomic mass is 9.82. The number of amides is 3. The highest BCUT2D eigenvalue weighted by Crippen LogP contribution is 2.30. The molecule has 0 bridgehead atoms. The Balaban J connectivity index is 1.69. The first-order valence-corrected chi connectivity index (χ1v) is 14.9. The van der Waals surface area contributed by atoms with E-state index in [9.17, 15) is 14.4 Å². The lowest BCUT2D eigenvalue weighted by Gasteiger charge is -2.41. The van der Waals surface area contributed by atoms with Crippen molar-refractivity contribution in [2.24, 2.45) is 11.7 Å². The van der Waals surface area contributed by atoms with Gasteiger partial charge in [-0.25, -0.2) is 0 Å². The third-order valence-electron chi connectivity index (χ3n) is 8.52. The topological polar surface area (TPSA) is 111 Å². The minimum absolute atomic E-state index is 0.0291. The van der Waals surface area contributed by atoms with Crippen molar-refractivity contribution >= 4 is 17.7 Å².